The van der Waals surface area contributed by atoms with Crippen LogP contribution in [0.15, 0.2) is 23.7 Å². The van der Waals surface area contributed by atoms with Crippen molar-refractivity contribution in [1.82, 2.24) is 15.3 Å². The Balaban J connectivity index is 1.60. The maximum atomic E-state index is 4.67. The average molecular weight is 247 g/mol. The summed E-state index contributed by atoms with van der Waals surface area (Å²) in [6.07, 6.45) is 6.92. The molecule has 2 aromatic heterocycles. The molecule has 3 heterocycles. The molecule has 0 aromatic carbocycles. The van der Waals surface area contributed by atoms with E-state index in [0.29, 0.717) is 6.04 Å². The lowest BCUT2D eigenvalue weighted by Gasteiger charge is -2.07. The van der Waals surface area contributed by atoms with E-state index in [4.69, 9.17) is 0 Å². The van der Waals surface area contributed by atoms with Crippen LogP contribution in [-0.2, 0) is 6.42 Å². The zero-order valence-electron chi connectivity index (χ0n) is 9.78. The van der Waals surface area contributed by atoms with Gasteiger partial charge in [0, 0.05) is 24.0 Å². The van der Waals surface area contributed by atoms with Gasteiger partial charge in [0.2, 0.25) is 0 Å². The molecule has 1 fully saturated rings. The molecule has 1 aliphatic heterocycles. The Morgan fingerprint density at radius 2 is 2.47 bits per heavy atom. The van der Waals surface area contributed by atoms with Gasteiger partial charge in [-0.05, 0) is 37.9 Å². The van der Waals surface area contributed by atoms with Crippen LogP contribution in [0.2, 0.25) is 0 Å². The molecule has 4 heteroatoms. The highest BCUT2D eigenvalue weighted by Crippen LogP contribution is 2.22. The van der Waals surface area contributed by atoms with Crippen molar-refractivity contribution < 1.29 is 0 Å². The van der Waals surface area contributed by atoms with E-state index in [1.165, 1.54) is 30.8 Å². The fraction of sp³-hybridized carbons (Fsp3) is 0.462. The van der Waals surface area contributed by atoms with E-state index < -0.39 is 0 Å². The van der Waals surface area contributed by atoms with Crippen LogP contribution in [0.3, 0.4) is 0 Å². The van der Waals surface area contributed by atoms with E-state index in [1.807, 2.05) is 12.3 Å². The molecule has 1 aliphatic rings. The van der Waals surface area contributed by atoms with Crippen molar-refractivity contribution in [2.75, 3.05) is 6.54 Å². The highest BCUT2D eigenvalue weighted by atomic mass is 32.1. The number of hydrogen-bond donors (Lipinski definition) is 2. The highest BCUT2D eigenvalue weighted by molar-refractivity contribution is 7.09. The first-order valence-corrected chi connectivity index (χ1v) is 7.11. The normalized spacial score (nSPS) is 19.9. The van der Waals surface area contributed by atoms with Crippen LogP contribution in [0.1, 0.15) is 24.3 Å². The summed E-state index contributed by atoms with van der Waals surface area (Å²) in [6.45, 7) is 1.19. The highest BCUT2D eigenvalue weighted by Gasteiger charge is 2.14. The maximum absolute atomic E-state index is 4.67. The Bertz CT molecular complexity index is 455. The summed E-state index contributed by atoms with van der Waals surface area (Å²) < 4.78 is 0. The molecule has 1 saturated heterocycles. The van der Waals surface area contributed by atoms with Crippen LogP contribution in [0, 0.1) is 0 Å². The van der Waals surface area contributed by atoms with Crippen molar-refractivity contribution in [2.24, 2.45) is 0 Å². The molecule has 1 atom stereocenters. The third kappa shape index (κ3) is 2.58. The summed E-state index contributed by atoms with van der Waals surface area (Å²) in [5.41, 5.74) is 2.20. The predicted molar refractivity (Wildman–Crippen MR) is 71.2 cm³/mol. The largest absolute Gasteiger partial charge is 0.360 e. The van der Waals surface area contributed by atoms with E-state index in [1.54, 1.807) is 11.3 Å². The Morgan fingerprint density at radius 3 is 3.24 bits per heavy atom. The molecule has 2 aromatic rings. The quantitative estimate of drug-likeness (QED) is 0.872. The van der Waals surface area contributed by atoms with E-state index in [2.05, 4.69) is 26.7 Å². The van der Waals surface area contributed by atoms with E-state index in [9.17, 15) is 0 Å². The van der Waals surface area contributed by atoms with Crippen molar-refractivity contribution in [1.29, 1.82) is 0 Å². The maximum Gasteiger partial charge on any atom is 0.0976 e. The standard InChI is InChI=1S/C13H17N3S/c1-3-10(14-7-1)5-6-13-16-12(9-17-13)11-4-2-8-15-11/h2,4,8-10,14-15H,1,3,5-7H2. The molecule has 17 heavy (non-hydrogen) atoms. The number of thiazole rings is 1. The SMILES string of the molecule is c1c[nH]c(-c2csc(CCC3CCCN3)n2)c1. The first-order valence-electron chi connectivity index (χ1n) is 6.23. The number of aromatic amines is 1. The van der Waals surface area contributed by atoms with Gasteiger partial charge in [-0.2, -0.15) is 0 Å². The van der Waals surface area contributed by atoms with Crippen LogP contribution in [-0.4, -0.2) is 22.6 Å². The van der Waals surface area contributed by atoms with Gasteiger partial charge in [-0.1, -0.05) is 0 Å². The summed E-state index contributed by atoms with van der Waals surface area (Å²) in [7, 11) is 0. The molecule has 2 N–H and O–H groups in total. The van der Waals surface area contributed by atoms with Gasteiger partial charge in [-0.3, -0.25) is 0 Å². The van der Waals surface area contributed by atoms with Gasteiger partial charge < -0.3 is 10.3 Å². The van der Waals surface area contributed by atoms with Gasteiger partial charge >= 0.3 is 0 Å². The smallest absolute Gasteiger partial charge is 0.0976 e. The zero-order valence-corrected chi connectivity index (χ0v) is 10.6. The Morgan fingerprint density at radius 1 is 1.47 bits per heavy atom. The van der Waals surface area contributed by atoms with Gasteiger partial charge in [0.25, 0.3) is 0 Å². The number of nitrogens with zero attached hydrogens (tertiary/aromatic N) is 1. The molecule has 0 radical (unpaired) electrons. The predicted octanol–water partition coefficient (Wildman–Crippen LogP) is 2.82. The van der Waals surface area contributed by atoms with Crippen LogP contribution in [0.5, 0.6) is 0 Å². The molecule has 0 amide bonds. The molecular weight excluding hydrogens is 230 g/mol. The summed E-state index contributed by atoms with van der Waals surface area (Å²) in [5, 5.41) is 6.93. The van der Waals surface area contributed by atoms with Gasteiger partial charge in [-0.25, -0.2) is 4.98 Å². The number of H-pyrrole nitrogens is 1. The van der Waals surface area contributed by atoms with Gasteiger partial charge in [-0.15, -0.1) is 11.3 Å². The lowest BCUT2D eigenvalue weighted by Crippen LogP contribution is -2.21. The third-order valence-electron chi connectivity index (χ3n) is 3.29. The van der Waals surface area contributed by atoms with Crippen molar-refractivity contribution in [3.63, 3.8) is 0 Å². The summed E-state index contributed by atoms with van der Waals surface area (Å²) in [4.78, 5) is 7.87. The van der Waals surface area contributed by atoms with Crippen molar-refractivity contribution >= 4 is 11.3 Å². The van der Waals surface area contributed by atoms with E-state index in [0.717, 1.165) is 17.8 Å². The molecular formula is C13H17N3S. The Kier molecular flexibility index (Phi) is 3.25. The molecule has 0 aliphatic carbocycles. The fourth-order valence-corrected chi connectivity index (χ4v) is 3.15. The number of hydrogen-bond acceptors (Lipinski definition) is 3. The minimum Gasteiger partial charge on any atom is -0.360 e. The molecule has 3 nitrogen and oxygen atoms in total. The minimum absolute atomic E-state index is 0.716. The zero-order chi connectivity index (χ0) is 11.5. The Labute approximate surface area is 105 Å². The number of aromatic nitrogens is 2. The van der Waals surface area contributed by atoms with Crippen molar-refractivity contribution in [2.45, 2.75) is 31.7 Å². The van der Waals surface area contributed by atoms with Crippen LogP contribution in [0.4, 0.5) is 0 Å². The number of aryl methyl sites for hydroxylation is 1. The molecule has 1 unspecified atom stereocenters. The molecule has 90 valence electrons. The summed E-state index contributed by atoms with van der Waals surface area (Å²) in [6, 6.07) is 4.79. The monoisotopic (exact) mass is 247 g/mol. The second-order valence-electron chi connectivity index (χ2n) is 4.54. The van der Waals surface area contributed by atoms with Crippen molar-refractivity contribution in [3.8, 4) is 11.4 Å². The topological polar surface area (TPSA) is 40.7 Å². The number of nitrogens with one attached hydrogen (secondary N) is 2. The molecule has 3 rings (SSSR count). The average Bonchev–Trinajstić information content (AvgIpc) is 3.09. The van der Waals surface area contributed by atoms with E-state index in [-0.39, 0.29) is 0 Å². The third-order valence-corrected chi connectivity index (χ3v) is 4.20. The molecule has 0 spiro atoms. The second-order valence-corrected chi connectivity index (χ2v) is 5.48. The second kappa shape index (κ2) is 5.02. The molecule has 0 bridgehead atoms. The van der Waals surface area contributed by atoms with Gasteiger partial charge in [0.15, 0.2) is 0 Å². The van der Waals surface area contributed by atoms with Gasteiger partial charge in [0.1, 0.15) is 0 Å². The van der Waals surface area contributed by atoms with Crippen LogP contribution >= 0.6 is 11.3 Å². The van der Waals surface area contributed by atoms with Crippen LogP contribution < -0.4 is 5.32 Å². The fourth-order valence-electron chi connectivity index (χ4n) is 2.34. The number of rotatable bonds is 4. The van der Waals surface area contributed by atoms with Crippen LogP contribution in [0.25, 0.3) is 11.4 Å². The lowest BCUT2D eigenvalue weighted by molar-refractivity contribution is 0.558. The van der Waals surface area contributed by atoms with E-state index >= 15 is 0 Å². The summed E-state index contributed by atoms with van der Waals surface area (Å²) >= 11 is 1.77. The van der Waals surface area contributed by atoms with Crippen molar-refractivity contribution in [3.05, 3.63) is 28.7 Å². The lowest BCUT2D eigenvalue weighted by atomic mass is 10.1. The summed E-state index contributed by atoms with van der Waals surface area (Å²) in [5.74, 6) is 0. The molecule has 0 saturated carbocycles. The first-order chi connectivity index (χ1) is 8.42. The van der Waals surface area contributed by atoms with Gasteiger partial charge in [0.05, 0.1) is 16.4 Å². The Hall–Kier alpha value is -1.13. The minimum atomic E-state index is 0.716. The first kappa shape index (κ1) is 11.0.